The van der Waals surface area contributed by atoms with Gasteiger partial charge in [-0.15, -0.1) is 0 Å². The van der Waals surface area contributed by atoms with Gasteiger partial charge in [-0.05, 0) is 60.4 Å². The number of carbonyl (C=O) groups excluding carboxylic acids is 2. The zero-order valence-electron chi connectivity index (χ0n) is 18.7. The Balaban J connectivity index is 1.58. The average molecular weight is 518 g/mol. The number of benzene rings is 3. The summed E-state index contributed by atoms with van der Waals surface area (Å²) in [6.07, 6.45) is 1.40. The van der Waals surface area contributed by atoms with Crippen molar-refractivity contribution < 1.29 is 19.4 Å². The van der Waals surface area contributed by atoms with E-state index in [1.807, 2.05) is 73.7 Å². The molecule has 2 aliphatic rings. The van der Waals surface area contributed by atoms with Gasteiger partial charge in [0.1, 0.15) is 17.6 Å². The van der Waals surface area contributed by atoms with Crippen molar-refractivity contribution in [3.05, 3.63) is 105 Å². The molecule has 172 valence electrons. The number of hydrogen-bond acceptors (Lipinski definition) is 4. The molecule has 3 aromatic carbocycles. The van der Waals surface area contributed by atoms with Crippen LogP contribution in [0.15, 0.2) is 82.8 Å². The first-order chi connectivity index (χ1) is 16.4. The Morgan fingerprint density at radius 2 is 1.85 bits per heavy atom. The first kappa shape index (κ1) is 22.4. The molecule has 0 unspecified atom stereocenters. The number of aliphatic hydroxyl groups excluding tert-OH is 1. The molecule has 0 saturated carbocycles. The Hall–Kier alpha value is -3.38. The van der Waals surface area contributed by atoms with Gasteiger partial charge >= 0.3 is 0 Å². The monoisotopic (exact) mass is 517 g/mol. The first-order valence-electron chi connectivity index (χ1n) is 11.3. The Morgan fingerprint density at radius 1 is 1.06 bits per heavy atom. The molecular formula is C28H24BrNO4. The highest BCUT2D eigenvalue weighted by Crippen LogP contribution is 2.41. The smallest absolute Gasteiger partial charge is 0.295 e. The number of amides is 1. The van der Waals surface area contributed by atoms with Crippen molar-refractivity contribution >= 4 is 33.4 Å². The summed E-state index contributed by atoms with van der Waals surface area (Å²) in [4.78, 5) is 28.0. The Kier molecular flexibility index (Phi) is 6.00. The fraction of sp³-hybridized carbons (Fsp3) is 0.214. The van der Waals surface area contributed by atoms with E-state index in [0.29, 0.717) is 18.5 Å². The van der Waals surface area contributed by atoms with E-state index in [-0.39, 0.29) is 17.4 Å². The maximum Gasteiger partial charge on any atom is 0.295 e. The van der Waals surface area contributed by atoms with Crippen molar-refractivity contribution in [3.8, 4) is 5.75 Å². The zero-order valence-corrected chi connectivity index (χ0v) is 20.3. The van der Waals surface area contributed by atoms with E-state index in [9.17, 15) is 14.7 Å². The highest BCUT2D eigenvalue weighted by atomic mass is 79.9. The van der Waals surface area contributed by atoms with E-state index in [4.69, 9.17) is 4.74 Å². The summed E-state index contributed by atoms with van der Waals surface area (Å²) in [6, 6.07) is 22.1. The number of rotatable bonds is 5. The molecule has 2 aliphatic heterocycles. The molecule has 5 nitrogen and oxygen atoms in total. The SMILES string of the molecule is C[C@H]1Cc2cc(C(O)=C3C(=O)C(=O)N(CCc4ccccc4)[C@@H]3c3cccc(Br)c3)ccc2O1. The van der Waals surface area contributed by atoms with Crippen molar-refractivity contribution in [1.82, 2.24) is 4.90 Å². The molecule has 6 heteroatoms. The van der Waals surface area contributed by atoms with Gasteiger partial charge < -0.3 is 14.7 Å². The molecular weight excluding hydrogens is 494 g/mol. The number of aliphatic hydroxyl groups is 1. The number of halogens is 1. The van der Waals surface area contributed by atoms with Gasteiger partial charge in [-0.3, -0.25) is 9.59 Å². The second-order valence-corrected chi connectivity index (χ2v) is 9.65. The van der Waals surface area contributed by atoms with Crippen LogP contribution in [0.25, 0.3) is 5.76 Å². The van der Waals surface area contributed by atoms with Crippen LogP contribution in [0, 0.1) is 0 Å². The van der Waals surface area contributed by atoms with Crippen molar-refractivity contribution in [2.24, 2.45) is 0 Å². The van der Waals surface area contributed by atoms with Crippen LogP contribution in [0.4, 0.5) is 0 Å². The second-order valence-electron chi connectivity index (χ2n) is 8.74. The predicted octanol–water partition coefficient (Wildman–Crippen LogP) is 5.44. The third-order valence-corrected chi connectivity index (χ3v) is 6.85. The largest absolute Gasteiger partial charge is 0.507 e. The molecule has 1 saturated heterocycles. The number of nitrogens with zero attached hydrogens (tertiary/aromatic N) is 1. The maximum absolute atomic E-state index is 13.3. The van der Waals surface area contributed by atoms with Gasteiger partial charge in [0.25, 0.3) is 11.7 Å². The lowest BCUT2D eigenvalue weighted by atomic mass is 9.94. The molecule has 0 aromatic heterocycles. The topological polar surface area (TPSA) is 66.8 Å². The number of ether oxygens (including phenoxy) is 1. The van der Waals surface area contributed by atoms with E-state index in [2.05, 4.69) is 15.9 Å². The van der Waals surface area contributed by atoms with E-state index in [1.165, 1.54) is 0 Å². The number of Topliss-reactive ketones (excluding diaryl/α,β-unsaturated/α-hetero) is 1. The first-order valence-corrected chi connectivity index (χ1v) is 12.1. The number of carbonyl (C=O) groups is 2. The molecule has 1 amide bonds. The lowest BCUT2D eigenvalue weighted by Gasteiger charge is -2.25. The molecule has 1 N–H and O–H groups in total. The van der Waals surface area contributed by atoms with Gasteiger partial charge in [-0.1, -0.05) is 58.4 Å². The normalized spacial score (nSPS) is 20.9. The third-order valence-electron chi connectivity index (χ3n) is 6.36. The summed E-state index contributed by atoms with van der Waals surface area (Å²) in [6.45, 7) is 2.35. The van der Waals surface area contributed by atoms with Gasteiger partial charge in [0, 0.05) is 23.0 Å². The number of fused-ring (bicyclic) bond motifs is 1. The molecule has 34 heavy (non-hydrogen) atoms. The molecule has 0 radical (unpaired) electrons. The van der Waals surface area contributed by atoms with E-state index in [0.717, 1.165) is 33.3 Å². The van der Waals surface area contributed by atoms with Crippen molar-refractivity contribution in [2.45, 2.75) is 31.9 Å². The molecule has 0 aliphatic carbocycles. The standard InChI is InChI=1S/C28H24BrNO4/c1-17-14-21-15-20(10-11-23(21)34-17)26(31)24-25(19-8-5-9-22(29)16-19)30(28(33)27(24)32)13-12-18-6-3-2-4-7-18/h2-11,15-17,25,31H,12-14H2,1H3/t17-,25+/m0/s1. The molecule has 0 spiro atoms. The third kappa shape index (κ3) is 4.14. The number of ketones is 1. The maximum atomic E-state index is 13.3. The van der Waals surface area contributed by atoms with Gasteiger partial charge in [0.2, 0.25) is 0 Å². The van der Waals surface area contributed by atoms with E-state index < -0.39 is 17.7 Å². The molecule has 2 heterocycles. The molecule has 0 bridgehead atoms. The Bertz CT molecular complexity index is 1300. The lowest BCUT2D eigenvalue weighted by Crippen LogP contribution is -2.31. The van der Waals surface area contributed by atoms with Crippen LogP contribution in [0.1, 0.15) is 35.2 Å². The lowest BCUT2D eigenvalue weighted by molar-refractivity contribution is -0.139. The van der Waals surface area contributed by atoms with E-state index in [1.54, 1.807) is 11.0 Å². The summed E-state index contributed by atoms with van der Waals surface area (Å²) in [7, 11) is 0. The fourth-order valence-electron chi connectivity index (χ4n) is 4.75. The van der Waals surface area contributed by atoms with Crippen LogP contribution < -0.4 is 4.74 Å². The average Bonchev–Trinajstić information content (AvgIpc) is 3.33. The molecule has 2 atom stereocenters. The Morgan fingerprint density at radius 3 is 2.62 bits per heavy atom. The number of hydrogen-bond donors (Lipinski definition) is 1. The van der Waals surface area contributed by atoms with Crippen molar-refractivity contribution in [2.75, 3.05) is 6.54 Å². The quantitative estimate of drug-likeness (QED) is 0.278. The zero-order chi connectivity index (χ0) is 23.8. The molecule has 1 fully saturated rings. The predicted molar refractivity (Wildman–Crippen MR) is 134 cm³/mol. The summed E-state index contributed by atoms with van der Waals surface area (Å²) in [5.74, 6) is -0.634. The summed E-state index contributed by atoms with van der Waals surface area (Å²) in [5.41, 5.74) is 3.45. The van der Waals surface area contributed by atoms with Crippen LogP contribution in [-0.2, 0) is 22.4 Å². The van der Waals surface area contributed by atoms with Crippen LogP contribution >= 0.6 is 15.9 Å². The van der Waals surface area contributed by atoms with Crippen molar-refractivity contribution in [3.63, 3.8) is 0 Å². The van der Waals surface area contributed by atoms with Crippen LogP contribution in [0.5, 0.6) is 5.75 Å². The highest BCUT2D eigenvalue weighted by molar-refractivity contribution is 9.10. The second kappa shape index (κ2) is 9.11. The Labute approximate surface area is 206 Å². The van der Waals surface area contributed by atoms with Gasteiger partial charge in [0.05, 0.1) is 11.6 Å². The minimum atomic E-state index is -0.676. The van der Waals surface area contributed by atoms with Gasteiger partial charge in [-0.25, -0.2) is 0 Å². The summed E-state index contributed by atoms with van der Waals surface area (Å²) >= 11 is 3.50. The van der Waals surface area contributed by atoms with Crippen LogP contribution in [0.3, 0.4) is 0 Å². The molecule has 3 aromatic rings. The van der Waals surface area contributed by atoms with Gasteiger partial charge in [-0.2, -0.15) is 0 Å². The fourth-order valence-corrected chi connectivity index (χ4v) is 5.17. The minimum absolute atomic E-state index is 0.0673. The molecule has 5 rings (SSSR count). The van der Waals surface area contributed by atoms with Crippen LogP contribution in [-0.4, -0.2) is 34.3 Å². The van der Waals surface area contributed by atoms with Crippen LogP contribution in [0.2, 0.25) is 0 Å². The van der Waals surface area contributed by atoms with E-state index >= 15 is 0 Å². The minimum Gasteiger partial charge on any atom is -0.507 e. The number of likely N-dealkylation sites (tertiary alicyclic amines) is 1. The highest BCUT2D eigenvalue weighted by Gasteiger charge is 2.46. The summed E-state index contributed by atoms with van der Waals surface area (Å²) in [5, 5.41) is 11.3. The van der Waals surface area contributed by atoms with Gasteiger partial charge in [0.15, 0.2) is 0 Å². The van der Waals surface area contributed by atoms with Crippen molar-refractivity contribution in [1.29, 1.82) is 0 Å². The summed E-state index contributed by atoms with van der Waals surface area (Å²) < 4.78 is 6.60.